The fourth-order valence-corrected chi connectivity index (χ4v) is 3.71. The largest absolute Gasteiger partial charge is 0.497 e. The number of hydrogen-bond donors (Lipinski definition) is 0. The molecule has 4 rings (SSSR count). The monoisotopic (exact) mass is 406 g/mol. The summed E-state index contributed by atoms with van der Waals surface area (Å²) in [6.07, 6.45) is 3.87. The first kappa shape index (κ1) is 19.9. The number of carbonyl (C=O) groups is 1. The molecule has 1 saturated heterocycles. The van der Waals surface area contributed by atoms with Gasteiger partial charge in [-0.2, -0.15) is 5.10 Å². The van der Waals surface area contributed by atoms with E-state index < -0.39 is 0 Å². The Morgan fingerprint density at radius 2 is 1.83 bits per heavy atom. The number of piperazine rings is 1. The van der Waals surface area contributed by atoms with Gasteiger partial charge in [-0.1, -0.05) is 12.1 Å². The van der Waals surface area contributed by atoms with Crippen LogP contribution in [0.4, 0.5) is 5.82 Å². The Bertz CT molecular complexity index is 1040. The van der Waals surface area contributed by atoms with Gasteiger partial charge in [0.2, 0.25) is 5.91 Å². The van der Waals surface area contributed by atoms with E-state index in [0.29, 0.717) is 25.3 Å². The van der Waals surface area contributed by atoms with E-state index in [1.165, 1.54) is 0 Å². The number of ether oxygens (including phenoxy) is 1. The molecule has 8 nitrogen and oxygen atoms in total. The molecular weight excluding hydrogens is 380 g/mol. The Labute approximate surface area is 176 Å². The summed E-state index contributed by atoms with van der Waals surface area (Å²) >= 11 is 0. The molecular formula is C22H26N6O2. The lowest BCUT2D eigenvalue weighted by atomic mass is 10.1. The number of amides is 1. The number of anilines is 1. The highest BCUT2D eigenvalue weighted by Gasteiger charge is 2.22. The van der Waals surface area contributed by atoms with Crippen molar-refractivity contribution in [2.45, 2.75) is 20.3 Å². The van der Waals surface area contributed by atoms with Crippen molar-refractivity contribution in [3.05, 3.63) is 59.7 Å². The van der Waals surface area contributed by atoms with E-state index in [4.69, 9.17) is 9.72 Å². The highest BCUT2D eigenvalue weighted by atomic mass is 16.5. The van der Waals surface area contributed by atoms with Crippen molar-refractivity contribution in [2.75, 3.05) is 38.2 Å². The molecule has 0 radical (unpaired) electrons. The van der Waals surface area contributed by atoms with Gasteiger partial charge in [-0.15, -0.1) is 0 Å². The quantitative estimate of drug-likeness (QED) is 0.646. The summed E-state index contributed by atoms with van der Waals surface area (Å²) in [6, 6.07) is 9.67. The molecule has 8 heteroatoms. The first-order valence-corrected chi connectivity index (χ1v) is 10.0. The van der Waals surface area contributed by atoms with E-state index in [2.05, 4.69) is 15.0 Å². The van der Waals surface area contributed by atoms with Crippen LogP contribution in [0.2, 0.25) is 0 Å². The topological polar surface area (TPSA) is 76.4 Å². The minimum Gasteiger partial charge on any atom is -0.497 e. The second kappa shape index (κ2) is 8.52. The molecule has 1 aromatic carbocycles. The van der Waals surface area contributed by atoms with Gasteiger partial charge in [0.25, 0.3) is 0 Å². The van der Waals surface area contributed by atoms with Gasteiger partial charge in [0.1, 0.15) is 11.6 Å². The van der Waals surface area contributed by atoms with Crippen LogP contribution in [0, 0.1) is 13.8 Å². The zero-order valence-electron chi connectivity index (χ0n) is 17.6. The van der Waals surface area contributed by atoms with Gasteiger partial charge in [-0.05, 0) is 37.6 Å². The number of rotatable bonds is 5. The summed E-state index contributed by atoms with van der Waals surface area (Å²) in [5, 5.41) is 4.49. The van der Waals surface area contributed by atoms with Crippen LogP contribution in [0.3, 0.4) is 0 Å². The van der Waals surface area contributed by atoms with Crippen LogP contribution in [0.25, 0.3) is 5.82 Å². The first-order chi connectivity index (χ1) is 14.5. The minimum absolute atomic E-state index is 0.130. The minimum atomic E-state index is 0.130. The van der Waals surface area contributed by atoms with Gasteiger partial charge < -0.3 is 14.5 Å². The van der Waals surface area contributed by atoms with Gasteiger partial charge >= 0.3 is 0 Å². The molecule has 1 aliphatic rings. The Hall–Kier alpha value is -3.42. The lowest BCUT2D eigenvalue weighted by Crippen LogP contribution is -2.49. The van der Waals surface area contributed by atoms with Crippen LogP contribution in [0.1, 0.15) is 17.0 Å². The number of benzene rings is 1. The third kappa shape index (κ3) is 4.27. The lowest BCUT2D eigenvalue weighted by Gasteiger charge is -2.35. The van der Waals surface area contributed by atoms with Gasteiger partial charge in [0.05, 0.1) is 31.6 Å². The van der Waals surface area contributed by atoms with Crippen LogP contribution in [-0.2, 0) is 11.2 Å². The molecule has 0 unspecified atom stereocenters. The Kier molecular flexibility index (Phi) is 5.65. The summed E-state index contributed by atoms with van der Waals surface area (Å²) in [4.78, 5) is 25.9. The van der Waals surface area contributed by atoms with Crippen molar-refractivity contribution in [1.82, 2.24) is 24.6 Å². The number of aromatic nitrogens is 4. The van der Waals surface area contributed by atoms with E-state index >= 15 is 0 Å². The van der Waals surface area contributed by atoms with Crippen LogP contribution in [0.15, 0.2) is 42.7 Å². The molecule has 156 valence electrons. The van der Waals surface area contributed by atoms with E-state index in [-0.39, 0.29) is 5.91 Å². The lowest BCUT2D eigenvalue weighted by molar-refractivity contribution is -0.130. The molecule has 2 aromatic heterocycles. The van der Waals surface area contributed by atoms with E-state index in [1.807, 2.05) is 49.1 Å². The smallest absolute Gasteiger partial charge is 0.227 e. The standard InChI is InChI=1S/C22H26N6O2/c1-16-11-17(2)28(25-16)21-15-23-14-20(24-21)26-7-9-27(10-8-26)22(29)13-18-5-4-6-19(12-18)30-3/h4-6,11-12,14-15H,7-10,13H2,1-3H3. The van der Waals surface area contributed by atoms with E-state index in [0.717, 1.165) is 41.6 Å². The normalized spacial score (nSPS) is 14.1. The number of aryl methyl sites for hydroxylation is 2. The number of carbonyl (C=O) groups excluding carboxylic acids is 1. The maximum Gasteiger partial charge on any atom is 0.227 e. The SMILES string of the molecule is COc1cccc(CC(=O)N2CCN(c3cncc(-n4nc(C)cc4C)n3)CC2)c1. The van der Waals surface area contributed by atoms with Crippen molar-refractivity contribution in [1.29, 1.82) is 0 Å². The molecule has 0 N–H and O–H groups in total. The second-order valence-electron chi connectivity index (χ2n) is 7.47. The number of nitrogens with zero attached hydrogens (tertiary/aromatic N) is 6. The molecule has 0 atom stereocenters. The molecule has 0 bridgehead atoms. The summed E-state index contributed by atoms with van der Waals surface area (Å²) in [5.74, 6) is 2.41. The Morgan fingerprint density at radius 1 is 1.07 bits per heavy atom. The summed E-state index contributed by atoms with van der Waals surface area (Å²) in [7, 11) is 1.63. The van der Waals surface area contributed by atoms with Gasteiger partial charge in [0, 0.05) is 31.9 Å². The Morgan fingerprint density at radius 3 is 2.53 bits per heavy atom. The third-order valence-electron chi connectivity index (χ3n) is 5.28. The molecule has 1 amide bonds. The maximum atomic E-state index is 12.7. The number of hydrogen-bond acceptors (Lipinski definition) is 6. The summed E-state index contributed by atoms with van der Waals surface area (Å²) in [6.45, 7) is 6.73. The van der Waals surface area contributed by atoms with Gasteiger partial charge in [0.15, 0.2) is 5.82 Å². The van der Waals surface area contributed by atoms with Crippen molar-refractivity contribution in [3.8, 4) is 11.6 Å². The molecule has 0 aliphatic carbocycles. The average molecular weight is 406 g/mol. The summed E-state index contributed by atoms with van der Waals surface area (Å²) in [5.41, 5.74) is 2.93. The summed E-state index contributed by atoms with van der Waals surface area (Å²) < 4.78 is 7.05. The van der Waals surface area contributed by atoms with Crippen molar-refractivity contribution >= 4 is 11.7 Å². The molecule has 1 fully saturated rings. The number of methoxy groups -OCH3 is 1. The molecule has 0 spiro atoms. The molecule has 0 saturated carbocycles. The molecule has 3 heterocycles. The highest BCUT2D eigenvalue weighted by Crippen LogP contribution is 2.18. The average Bonchev–Trinajstić information content (AvgIpc) is 3.12. The fraction of sp³-hybridized carbons (Fsp3) is 0.364. The third-order valence-corrected chi connectivity index (χ3v) is 5.28. The second-order valence-corrected chi connectivity index (χ2v) is 7.47. The van der Waals surface area contributed by atoms with Gasteiger partial charge in [-0.25, -0.2) is 9.67 Å². The predicted octanol–water partition coefficient (Wildman–Crippen LogP) is 2.18. The van der Waals surface area contributed by atoms with Crippen molar-refractivity contribution in [2.24, 2.45) is 0 Å². The maximum absolute atomic E-state index is 12.7. The van der Waals surface area contributed by atoms with Crippen molar-refractivity contribution in [3.63, 3.8) is 0 Å². The van der Waals surface area contributed by atoms with E-state index in [1.54, 1.807) is 24.2 Å². The highest BCUT2D eigenvalue weighted by molar-refractivity contribution is 5.79. The van der Waals surface area contributed by atoms with Crippen LogP contribution >= 0.6 is 0 Å². The molecule has 3 aromatic rings. The Balaban J connectivity index is 1.39. The van der Waals surface area contributed by atoms with E-state index in [9.17, 15) is 4.79 Å². The first-order valence-electron chi connectivity index (χ1n) is 10.0. The molecule has 1 aliphatic heterocycles. The fourth-order valence-electron chi connectivity index (χ4n) is 3.71. The van der Waals surface area contributed by atoms with Crippen LogP contribution < -0.4 is 9.64 Å². The predicted molar refractivity (Wildman–Crippen MR) is 114 cm³/mol. The van der Waals surface area contributed by atoms with Crippen molar-refractivity contribution < 1.29 is 9.53 Å². The van der Waals surface area contributed by atoms with Gasteiger partial charge in [-0.3, -0.25) is 9.78 Å². The zero-order chi connectivity index (χ0) is 21.1. The van der Waals surface area contributed by atoms with Crippen LogP contribution in [0.5, 0.6) is 5.75 Å². The molecule has 30 heavy (non-hydrogen) atoms. The van der Waals surface area contributed by atoms with Crippen LogP contribution in [-0.4, -0.2) is 63.8 Å². The zero-order valence-corrected chi connectivity index (χ0v) is 17.6.